The zero-order valence-corrected chi connectivity index (χ0v) is 9.14. The normalized spacial score (nSPS) is 13.2. The van der Waals surface area contributed by atoms with Crippen LogP contribution in [0.2, 0.25) is 0 Å². The molecule has 3 nitrogen and oxygen atoms in total. The van der Waals surface area contributed by atoms with Gasteiger partial charge in [-0.1, -0.05) is 6.92 Å². The molecule has 1 unspecified atom stereocenters. The van der Waals surface area contributed by atoms with Crippen LogP contribution in [0.4, 0.5) is 0 Å². The van der Waals surface area contributed by atoms with E-state index in [-0.39, 0.29) is 0 Å². The molecule has 3 heteroatoms. The van der Waals surface area contributed by atoms with Crippen molar-refractivity contribution in [3.8, 4) is 0 Å². The monoisotopic (exact) mass is 189 g/mol. The molecule has 13 heavy (non-hydrogen) atoms. The predicted molar refractivity (Wildman–Crippen MR) is 55.1 cm³/mol. The van der Waals surface area contributed by atoms with E-state index in [9.17, 15) is 0 Å². The van der Waals surface area contributed by atoms with Crippen LogP contribution in [-0.2, 0) is 9.47 Å². The molecule has 0 rings (SSSR count). The Hall–Kier alpha value is -0.120. The van der Waals surface area contributed by atoms with Gasteiger partial charge < -0.3 is 14.8 Å². The molecule has 0 radical (unpaired) electrons. The first-order valence-corrected chi connectivity index (χ1v) is 5.21. The van der Waals surface area contributed by atoms with Gasteiger partial charge in [0.1, 0.15) is 0 Å². The maximum absolute atomic E-state index is 5.37. The molecule has 0 aromatic carbocycles. The van der Waals surface area contributed by atoms with Crippen LogP contribution in [0.25, 0.3) is 0 Å². The summed E-state index contributed by atoms with van der Waals surface area (Å²) in [6.45, 7) is 10.5. The average Bonchev–Trinajstić information content (AvgIpc) is 2.11. The van der Waals surface area contributed by atoms with Crippen LogP contribution < -0.4 is 5.32 Å². The van der Waals surface area contributed by atoms with Crippen molar-refractivity contribution in [2.24, 2.45) is 0 Å². The van der Waals surface area contributed by atoms with Gasteiger partial charge in [0.25, 0.3) is 0 Å². The smallest absolute Gasteiger partial charge is 0.0671 e. The standard InChI is InChI=1S/C10H23NO2/c1-4-7-12-8-6-11-9-10(3)13-5-2/h10-11H,4-9H2,1-3H3. The third-order valence-corrected chi connectivity index (χ3v) is 1.65. The number of hydrogen-bond donors (Lipinski definition) is 1. The van der Waals surface area contributed by atoms with Crippen molar-refractivity contribution in [2.75, 3.05) is 32.9 Å². The Bertz CT molecular complexity index is 98.9. The number of rotatable bonds is 9. The van der Waals surface area contributed by atoms with E-state index in [0.29, 0.717) is 6.10 Å². The highest BCUT2D eigenvalue weighted by Gasteiger charge is 1.98. The first-order valence-electron chi connectivity index (χ1n) is 5.21. The maximum Gasteiger partial charge on any atom is 0.0671 e. The minimum absolute atomic E-state index is 0.302. The summed E-state index contributed by atoms with van der Waals surface area (Å²) in [5.41, 5.74) is 0. The molecule has 0 bridgehead atoms. The van der Waals surface area contributed by atoms with Crippen molar-refractivity contribution in [3.63, 3.8) is 0 Å². The molecule has 0 fully saturated rings. The molecule has 0 aliphatic carbocycles. The molecule has 0 aromatic rings. The van der Waals surface area contributed by atoms with E-state index < -0.39 is 0 Å². The molecule has 0 aliphatic rings. The molecule has 0 heterocycles. The third-order valence-electron chi connectivity index (χ3n) is 1.65. The molecule has 0 saturated carbocycles. The van der Waals surface area contributed by atoms with Crippen LogP contribution in [0.15, 0.2) is 0 Å². The predicted octanol–water partition coefficient (Wildman–Crippen LogP) is 1.43. The second-order valence-electron chi connectivity index (χ2n) is 3.08. The number of nitrogens with one attached hydrogen (secondary N) is 1. The lowest BCUT2D eigenvalue weighted by Crippen LogP contribution is -2.29. The third kappa shape index (κ3) is 9.80. The summed E-state index contributed by atoms with van der Waals surface area (Å²) in [4.78, 5) is 0. The summed E-state index contributed by atoms with van der Waals surface area (Å²) >= 11 is 0. The largest absolute Gasteiger partial charge is 0.380 e. The molecular formula is C10H23NO2. The van der Waals surface area contributed by atoms with Crippen LogP contribution in [-0.4, -0.2) is 39.0 Å². The van der Waals surface area contributed by atoms with Crippen molar-refractivity contribution in [1.29, 1.82) is 0 Å². The van der Waals surface area contributed by atoms with Crippen LogP contribution in [0, 0.1) is 0 Å². The molecule has 1 N–H and O–H groups in total. The lowest BCUT2D eigenvalue weighted by atomic mass is 10.4. The van der Waals surface area contributed by atoms with Crippen LogP contribution in [0.5, 0.6) is 0 Å². The first kappa shape index (κ1) is 12.9. The Balaban J connectivity index is 2.97. The van der Waals surface area contributed by atoms with Crippen molar-refractivity contribution >= 4 is 0 Å². The van der Waals surface area contributed by atoms with Crippen LogP contribution in [0.3, 0.4) is 0 Å². The van der Waals surface area contributed by atoms with Crippen LogP contribution in [0.1, 0.15) is 27.2 Å². The molecule has 0 saturated heterocycles. The Labute approximate surface area is 81.8 Å². The SMILES string of the molecule is CCCOCCNCC(C)OCC. The van der Waals surface area contributed by atoms with Gasteiger partial charge in [0, 0.05) is 26.3 Å². The summed E-state index contributed by atoms with van der Waals surface area (Å²) in [5.74, 6) is 0. The zero-order chi connectivity index (χ0) is 9.94. The van der Waals surface area contributed by atoms with Gasteiger partial charge in [0.15, 0.2) is 0 Å². The van der Waals surface area contributed by atoms with Gasteiger partial charge in [-0.2, -0.15) is 0 Å². The number of ether oxygens (including phenoxy) is 2. The van der Waals surface area contributed by atoms with Gasteiger partial charge in [0.05, 0.1) is 12.7 Å². The second kappa shape index (κ2) is 9.96. The van der Waals surface area contributed by atoms with Crippen molar-refractivity contribution < 1.29 is 9.47 Å². The minimum atomic E-state index is 0.302. The van der Waals surface area contributed by atoms with Gasteiger partial charge in [-0.25, -0.2) is 0 Å². The number of hydrogen-bond acceptors (Lipinski definition) is 3. The van der Waals surface area contributed by atoms with E-state index in [1.54, 1.807) is 0 Å². The molecule has 0 amide bonds. The van der Waals surface area contributed by atoms with Gasteiger partial charge in [-0.15, -0.1) is 0 Å². The Kier molecular flexibility index (Phi) is 9.87. The van der Waals surface area contributed by atoms with E-state index in [0.717, 1.165) is 39.3 Å². The highest BCUT2D eigenvalue weighted by atomic mass is 16.5. The summed E-state index contributed by atoms with van der Waals surface area (Å²) in [5, 5.41) is 3.28. The lowest BCUT2D eigenvalue weighted by molar-refractivity contribution is 0.0727. The zero-order valence-electron chi connectivity index (χ0n) is 9.14. The second-order valence-corrected chi connectivity index (χ2v) is 3.08. The minimum Gasteiger partial charge on any atom is -0.380 e. The molecule has 0 aromatic heterocycles. The van der Waals surface area contributed by atoms with E-state index in [4.69, 9.17) is 9.47 Å². The fourth-order valence-electron chi connectivity index (χ4n) is 1.04. The Morgan fingerprint density at radius 3 is 2.62 bits per heavy atom. The van der Waals surface area contributed by atoms with Gasteiger partial charge in [0.2, 0.25) is 0 Å². The van der Waals surface area contributed by atoms with E-state index in [1.165, 1.54) is 0 Å². The first-order chi connectivity index (χ1) is 6.31. The topological polar surface area (TPSA) is 30.5 Å². The van der Waals surface area contributed by atoms with Crippen molar-refractivity contribution in [1.82, 2.24) is 5.32 Å². The van der Waals surface area contributed by atoms with Gasteiger partial charge in [-0.3, -0.25) is 0 Å². The molecule has 0 aliphatic heterocycles. The quantitative estimate of drug-likeness (QED) is 0.557. The molecule has 80 valence electrons. The van der Waals surface area contributed by atoms with Gasteiger partial charge >= 0.3 is 0 Å². The summed E-state index contributed by atoms with van der Waals surface area (Å²) < 4.78 is 10.7. The molecular weight excluding hydrogens is 166 g/mol. The maximum atomic E-state index is 5.37. The molecule has 0 spiro atoms. The average molecular weight is 189 g/mol. The molecule has 1 atom stereocenters. The van der Waals surface area contributed by atoms with E-state index >= 15 is 0 Å². The van der Waals surface area contributed by atoms with E-state index in [1.807, 2.05) is 6.92 Å². The fourth-order valence-corrected chi connectivity index (χ4v) is 1.04. The van der Waals surface area contributed by atoms with E-state index in [2.05, 4.69) is 19.2 Å². The highest BCUT2D eigenvalue weighted by Crippen LogP contribution is 1.86. The Morgan fingerprint density at radius 2 is 2.00 bits per heavy atom. The summed E-state index contributed by atoms with van der Waals surface area (Å²) in [6.07, 6.45) is 1.39. The lowest BCUT2D eigenvalue weighted by Gasteiger charge is -2.12. The summed E-state index contributed by atoms with van der Waals surface area (Å²) in [7, 11) is 0. The Morgan fingerprint density at radius 1 is 1.23 bits per heavy atom. The van der Waals surface area contributed by atoms with Crippen LogP contribution >= 0.6 is 0 Å². The van der Waals surface area contributed by atoms with Gasteiger partial charge in [-0.05, 0) is 20.3 Å². The van der Waals surface area contributed by atoms with Crippen molar-refractivity contribution in [2.45, 2.75) is 33.3 Å². The van der Waals surface area contributed by atoms with Crippen molar-refractivity contribution in [3.05, 3.63) is 0 Å². The fraction of sp³-hybridized carbons (Fsp3) is 1.00. The highest BCUT2D eigenvalue weighted by molar-refractivity contribution is 4.54. The summed E-state index contributed by atoms with van der Waals surface area (Å²) in [6, 6.07) is 0.